The largest absolute Gasteiger partial charge is 0.321 e. The molecule has 2 aromatic rings. The van der Waals surface area contributed by atoms with Gasteiger partial charge >= 0.3 is 6.03 Å². The molecule has 0 bridgehead atoms. The molecule has 6 heteroatoms. The van der Waals surface area contributed by atoms with Crippen LogP contribution in [0.2, 0.25) is 10.0 Å². The van der Waals surface area contributed by atoms with E-state index < -0.39 is 0 Å². The summed E-state index contributed by atoms with van der Waals surface area (Å²) < 4.78 is 0. The first-order valence-electron chi connectivity index (χ1n) is 9.87. The van der Waals surface area contributed by atoms with E-state index in [1.54, 1.807) is 18.2 Å². The smallest absolute Gasteiger partial charge is 0.321 e. The van der Waals surface area contributed by atoms with Crippen molar-refractivity contribution in [3.63, 3.8) is 0 Å². The number of benzene rings is 2. The lowest BCUT2D eigenvalue weighted by Gasteiger charge is -2.47. The number of piperidine rings is 1. The van der Waals surface area contributed by atoms with Crippen molar-refractivity contribution in [3.05, 3.63) is 64.1 Å². The molecule has 0 aromatic heterocycles. The van der Waals surface area contributed by atoms with Crippen LogP contribution in [0.15, 0.2) is 48.5 Å². The molecule has 0 spiro atoms. The number of amides is 2. The van der Waals surface area contributed by atoms with Gasteiger partial charge in [0.25, 0.3) is 0 Å². The van der Waals surface area contributed by atoms with Gasteiger partial charge in [0, 0.05) is 34.9 Å². The van der Waals surface area contributed by atoms with Crippen molar-refractivity contribution in [2.24, 2.45) is 5.92 Å². The molecule has 28 heavy (non-hydrogen) atoms. The second kappa shape index (κ2) is 8.73. The number of hydrogen-bond donors (Lipinski definition) is 1. The van der Waals surface area contributed by atoms with Crippen molar-refractivity contribution in [1.29, 1.82) is 0 Å². The summed E-state index contributed by atoms with van der Waals surface area (Å²) in [6, 6.07) is 16.2. The van der Waals surface area contributed by atoms with E-state index in [4.69, 9.17) is 23.2 Å². The number of rotatable bonds is 4. The van der Waals surface area contributed by atoms with Gasteiger partial charge in [-0.2, -0.15) is 0 Å². The monoisotopic (exact) mass is 417 g/mol. The number of halogens is 2. The predicted octanol–water partition coefficient (Wildman–Crippen LogP) is 5.16. The van der Waals surface area contributed by atoms with Gasteiger partial charge in [-0.25, -0.2) is 4.79 Å². The SMILES string of the molecule is O=C(Nc1cc(Cl)cc(Cl)c1)N1CC(N2CCC(Cc3ccccc3)CC2)C1. The van der Waals surface area contributed by atoms with E-state index in [0.717, 1.165) is 32.1 Å². The number of urea groups is 1. The minimum absolute atomic E-state index is 0.0893. The summed E-state index contributed by atoms with van der Waals surface area (Å²) in [6.45, 7) is 3.82. The second-order valence-electron chi connectivity index (χ2n) is 7.82. The zero-order chi connectivity index (χ0) is 19.5. The topological polar surface area (TPSA) is 35.6 Å². The molecule has 0 saturated carbocycles. The first kappa shape index (κ1) is 19.6. The lowest BCUT2D eigenvalue weighted by Crippen LogP contribution is -2.63. The highest BCUT2D eigenvalue weighted by atomic mass is 35.5. The summed E-state index contributed by atoms with van der Waals surface area (Å²) in [5, 5.41) is 3.92. The highest BCUT2D eigenvalue weighted by Gasteiger charge is 2.36. The normalized spacial score (nSPS) is 18.7. The molecular weight excluding hydrogens is 393 g/mol. The van der Waals surface area contributed by atoms with Gasteiger partial charge in [0.05, 0.1) is 0 Å². The van der Waals surface area contributed by atoms with Crippen LogP contribution in [0, 0.1) is 5.92 Å². The molecule has 0 unspecified atom stereocenters. The molecular formula is C22H25Cl2N3O. The predicted molar refractivity (Wildman–Crippen MR) is 115 cm³/mol. The summed E-state index contributed by atoms with van der Waals surface area (Å²) >= 11 is 12.0. The van der Waals surface area contributed by atoms with Gasteiger partial charge < -0.3 is 10.2 Å². The molecule has 0 aliphatic carbocycles. The number of anilines is 1. The number of hydrogen-bond acceptors (Lipinski definition) is 2. The van der Waals surface area contributed by atoms with Gasteiger partial charge in [0.2, 0.25) is 0 Å². The molecule has 2 fully saturated rings. The molecule has 2 saturated heterocycles. The number of likely N-dealkylation sites (tertiary alicyclic amines) is 2. The standard InChI is InChI=1S/C22H25Cl2N3O/c23-18-11-19(24)13-20(12-18)25-22(28)27-14-21(15-27)26-8-6-17(7-9-26)10-16-4-2-1-3-5-16/h1-5,11-13,17,21H,6-10,14-15H2,(H,25,28). The minimum Gasteiger partial charge on any atom is -0.321 e. The van der Waals surface area contributed by atoms with Crippen LogP contribution in [0.1, 0.15) is 18.4 Å². The van der Waals surface area contributed by atoms with Crippen LogP contribution >= 0.6 is 23.2 Å². The molecule has 2 amide bonds. The quantitative estimate of drug-likeness (QED) is 0.744. The fourth-order valence-electron chi connectivity index (χ4n) is 4.15. The first-order valence-corrected chi connectivity index (χ1v) is 10.6. The Morgan fingerprint density at radius 1 is 1.00 bits per heavy atom. The fraction of sp³-hybridized carbons (Fsp3) is 0.409. The average molecular weight is 418 g/mol. The number of nitrogens with one attached hydrogen (secondary N) is 1. The molecule has 148 valence electrons. The third-order valence-corrected chi connectivity index (χ3v) is 6.23. The van der Waals surface area contributed by atoms with Gasteiger partial charge in [-0.3, -0.25) is 4.90 Å². The van der Waals surface area contributed by atoms with Crippen LogP contribution in [0.25, 0.3) is 0 Å². The average Bonchev–Trinajstić information content (AvgIpc) is 2.62. The molecule has 2 aromatic carbocycles. The molecule has 1 N–H and O–H groups in total. The zero-order valence-electron chi connectivity index (χ0n) is 15.8. The minimum atomic E-state index is -0.0893. The highest BCUT2D eigenvalue weighted by molar-refractivity contribution is 6.35. The first-order chi connectivity index (χ1) is 13.6. The molecule has 4 rings (SSSR count). The van der Waals surface area contributed by atoms with Crippen LogP contribution in [0.4, 0.5) is 10.5 Å². The van der Waals surface area contributed by atoms with Crippen molar-refractivity contribution in [1.82, 2.24) is 9.80 Å². The highest BCUT2D eigenvalue weighted by Crippen LogP contribution is 2.27. The number of nitrogens with zero attached hydrogens (tertiary/aromatic N) is 2. The molecule has 2 heterocycles. The Kier molecular flexibility index (Phi) is 6.10. The summed E-state index contributed by atoms with van der Waals surface area (Å²) in [6.07, 6.45) is 3.65. The lowest BCUT2D eigenvalue weighted by molar-refractivity contribution is 0.0383. The maximum atomic E-state index is 12.4. The summed E-state index contributed by atoms with van der Waals surface area (Å²) in [7, 11) is 0. The second-order valence-corrected chi connectivity index (χ2v) is 8.69. The van der Waals surface area contributed by atoms with Crippen molar-refractivity contribution in [2.45, 2.75) is 25.3 Å². The Bertz CT molecular complexity index is 796. The molecule has 0 atom stereocenters. The summed E-state index contributed by atoms with van der Waals surface area (Å²) in [5.41, 5.74) is 2.07. The Hall–Kier alpha value is -1.75. The van der Waals surface area contributed by atoms with E-state index >= 15 is 0 Å². The Balaban J connectivity index is 1.21. The van der Waals surface area contributed by atoms with E-state index in [1.807, 2.05) is 4.90 Å². The molecule has 2 aliphatic heterocycles. The molecule has 2 aliphatic rings. The maximum absolute atomic E-state index is 12.4. The number of carbonyl (C=O) groups is 1. The van der Waals surface area contributed by atoms with E-state index in [-0.39, 0.29) is 6.03 Å². The summed E-state index contributed by atoms with van der Waals surface area (Å²) in [5.74, 6) is 0.769. The Morgan fingerprint density at radius 2 is 1.64 bits per heavy atom. The van der Waals surface area contributed by atoms with Crippen molar-refractivity contribution in [3.8, 4) is 0 Å². The van der Waals surface area contributed by atoms with Crippen LogP contribution in [-0.2, 0) is 6.42 Å². The van der Waals surface area contributed by atoms with Crippen molar-refractivity contribution in [2.75, 3.05) is 31.5 Å². The third-order valence-electron chi connectivity index (χ3n) is 5.80. The molecule has 4 nitrogen and oxygen atoms in total. The number of carbonyl (C=O) groups excluding carboxylic acids is 1. The van der Waals surface area contributed by atoms with Gasteiger partial charge in [0.1, 0.15) is 0 Å². The maximum Gasteiger partial charge on any atom is 0.321 e. The Labute approximate surface area is 176 Å². The molecule has 0 radical (unpaired) electrons. The fourth-order valence-corrected chi connectivity index (χ4v) is 4.68. The van der Waals surface area contributed by atoms with Crippen LogP contribution in [-0.4, -0.2) is 48.1 Å². The van der Waals surface area contributed by atoms with Gasteiger partial charge in [0.15, 0.2) is 0 Å². The zero-order valence-corrected chi connectivity index (χ0v) is 17.3. The van der Waals surface area contributed by atoms with E-state index in [9.17, 15) is 4.79 Å². The summed E-state index contributed by atoms with van der Waals surface area (Å²) in [4.78, 5) is 16.8. The van der Waals surface area contributed by atoms with E-state index in [2.05, 4.69) is 40.5 Å². The van der Waals surface area contributed by atoms with Crippen LogP contribution in [0.5, 0.6) is 0 Å². The van der Waals surface area contributed by atoms with Gasteiger partial charge in [-0.05, 0) is 62.0 Å². The van der Waals surface area contributed by atoms with Gasteiger partial charge in [-0.1, -0.05) is 53.5 Å². The van der Waals surface area contributed by atoms with E-state index in [0.29, 0.717) is 21.8 Å². The van der Waals surface area contributed by atoms with Gasteiger partial charge in [-0.15, -0.1) is 0 Å². The Morgan fingerprint density at radius 3 is 2.29 bits per heavy atom. The van der Waals surface area contributed by atoms with Crippen LogP contribution < -0.4 is 5.32 Å². The third kappa shape index (κ3) is 4.80. The van der Waals surface area contributed by atoms with Crippen molar-refractivity contribution >= 4 is 34.9 Å². The van der Waals surface area contributed by atoms with Crippen molar-refractivity contribution < 1.29 is 4.79 Å². The van der Waals surface area contributed by atoms with Crippen LogP contribution in [0.3, 0.4) is 0 Å². The van der Waals surface area contributed by atoms with E-state index in [1.165, 1.54) is 24.8 Å². The lowest BCUT2D eigenvalue weighted by atomic mass is 9.89.